The Balaban J connectivity index is 1.64. The van der Waals surface area contributed by atoms with Crippen molar-refractivity contribution >= 4 is 34.6 Å². The third kappa shape index (κ3) is 3.09. The van der Waals surface area contributed by atoms with E-state index in [9.17, 15) is 17.6 Å². The van der Waals surface area contributed by atoms with Crippen LogP contribution in [0.3, 0.4) is 0 Å². The first-order valence-electron chi connectivity index (χ1n) is 9.13. The van der Waals surface area contributed by atoms with E-state index in [4.69, 9.17) is 11.6 Å². The number of rotatable bonds is 2. The molecule has 0 amide bonds. The third-order valence-corrected chi connectivity index (χ3v) is 5.38. The zero-order valence-electron chi connectivity index (χ0n) is 15.3. The Labute approximate surface area is 173 Å². The standard InChI is InChI=1S/C20H14ClF4N5/c21-12-9-26-30-16-8-11(29-7-6-20(24,25)10-29)4-5-15(16)27-18(28-19(12)30)17-13(22)2-1-3-14(17)23/h1-5,8-9H,6-7,10H2,(H,27,28). The summed E-state index contributed by atoms with van der Waals surface area (Å²) >= 11 is 6.22. The number of anilines is 2. The highest BCUT2D eigenvalue weighted by molar-refractivity contribution is 6.33. The van der Waals surface area contributed by atoms with Gasteiger partial charge in [-0.1, -0.05) is 17.7 Å². The van der Waals surface area contributed by atoms with Crippen molar-refractivity contribution in [3.63, 3.8) is 0 Å². The van der Waals surface area contributed by atoms with Crippen LogP contribution >= 0.6 is 11.6 Å². The Bertz CT molecular complexity index is 1170. The van der Waals surface area contributed by atoms with Crippen molar-refractivity contribution in [2.75, 3.05) is 23.3 Å². The summed E-state index contributed by atoms with van der Waals surface area (Å²) in [5.74, 6) is -4.23. The highest BCUT2D eigenvalue weighted by atomic mass is 35.5. The van der Waals surface area contributed by atoms with Crippen LogP contribution in [-0.4, -0.2) is 34.6 Å². The number of aliphatic imine (C=N–C) groups is 1. The highest BCUT2D eigenvalue weighted by Crippen LogP contribution is 2.38. The van der Waals surface area contributed by atoms with Gasteiger partial charge in [0.25, 0.3) is 5.92 Å². The zero-order valence-corrected chi connectivity index (χ0v) is 16.1. The van der Waals surface area contributed by atoms with E-state index in [2.05, 4.69) is 15.4 Å². The van der Waals surface area contributed by atoms with Crippen molar-refractivity contribution in [3.05, 3.63) is 64.8 Å². The molecule has 2 aliphatic rings. The maximum Gasteiger partial charge on any atom is 0.266 e. The van der Waals surface area contributed by atoms with E-state index in [-0.39, 0.29) is 41.7 Å². The topological polar surface area (TPSA) is 45.5 Å². The van der Waals surface area contributed by atoms with Crippen molar-refractivity contribution in [2.45, 2.75) is 12.3 Å². The predicted octanol–water partition coefficient (Wildman–Crippen LogP) is 5.15. The number of halogens is 5. The van der Waals surface area contributed by atoms with Crippen LogP contribution < -0.4 is 10.2 Å². The number of fused-ring (bicyclic) bond motifs is 3. The molecule has 3 heterocycles. The second-order valence-corrected chi connectivity index (χ2v) is 7.55. The molecule has 1 saturated heterocycles. The normalized spacial score (nSPS) is 17.1. The molecule has 0 bridgehead atoms. The van der Waals surface area contributed by atoms with Crippen molar-refractivity contribution in [1.82, 2.24) is 9.78 Å². The minimum absolute atomic E-state index is 0.0755. The molecule has 30 heavy (non-hydrogen) atoms. The molecule has 5 rings (SSSR count). The van der Waals surface area contributed by atoms with Gasteiger partial charge in [0.2, 0.25) is 0 Å². The molecule has 2 aromatic carbocycles. The average Bonchev–Trinajstić information content (AvgIpc) is 3.19. The average molecular weight is 436 g/mol. The van der Waals surface area contributed by atoms with Gasteiger partial charge < -0.3 is 10.2 Å². The molecule has 0 saturated carbocycles. The van der Waals surface area contributed by atoms with Gasteiger partial charge in [0.15, 0.2) is 5.82 Å². The monoisotopic (exact) mass is 435 g/mol. The number of nitrogens with one attached hydrogen (secondary N) is 1. The van der Waals surface area contributed by atoms with E-state index in [1.807, 2.05) is 0 Å². The summed E-state index contributed by atoms with van der Waals surface area (Å²) < 4.78 is 57.5. The van der Waals surface area contributed by atoms with Crippen LogP contribution in [0.5, 0.6) is 0 Å². The van der Waals surface area contributed by atoms with Crippen molar-refractivity contribution < 1.29 is 17.6 Å². The van der Waals surface area contributed by atoms with Crippen LogP contribution in [0, 0.1) is 11.6 Å². The fraction of sp³-hybridized carbons (Fsp3) is 0.200. The van der Waals surface area contributed by atoms with Crippen LogP contribution in [0.25, 0.3) is 5.69 Å². The fourth-order valence-corrected chi connectivity index (χ4v) is 3.82. The first-order chi connectivity index (χ1) is 14.3. The minimum atomic E-state index is -2.75. The summed E-state index contributed by atoms with van der Waals surface area (Å²) in [5.41, 5.74) is 1.16. The van der Waals surface area contributed by atoms with Gasteiger partial charge in [0, 0.05) is 18.7 Å². The number of alkyl halides is 2. The Morgan fingerprint density at radius 1 is 1.10 bits per heavy atom. The molecule has 0 unspecified atom stereocenters. The van der Waals surface area contributed by atoms with Gasteiger partial charge in [0.05, 0.1) is 29.7 Å². The first-order valence-corrected chi connectivity index (χ1v) is 9.51. The molecule has 0 aliphatic carbocycles. The molecule has 0 spiro atoms. The van der Waals surface area contributed by atoms with E-state index in [0.717, 1.165) is 12.1 Å². The molecular formula is C20H14ClF4N5. The first kappa shape index (κ1) is 18.9. The maximum atomic E-state index is 14.4. The molecule has 1 N–H and O–H groups in total. The molecule has 154 valence electrons. The predicted molar refractivity (Wildman–Crippen MR) is 107 cm³/mol. The Hall–Kier alpha value is -3.07. The lowest BCUT2D eigenvalue weighted by Crippen LogP contribution is -2.25. The zero-order chi connectivity index (χ0) is 21.0. The van der Waals surface area contributed by atoms with Gasteiger partial charge in [-0.25, -0.2) is 27.2 Å². The van der Waals surface area contributed by atoms with Crippen molar-refractivity contribution in [3.8, 4) is 5.69 Å². The second kappa shape index (κ2) is 6.73. The number of amidine groups is 1. The lowest BCUT2D eigenvalue weighted by atomic mass is 10.1. The summed E-state index contributed by atoms with van der Waals surface area (Å²) in [6, 6.07) is 8.49. The molecule has 5 nitrogen and oxygen atoms in total. The molecule has 10 heteroatoms. The van der Waals surface area contributed by atoms with E-state index in [1.54, 1.807) is 23.1 Å². The summed E-state index contributed by atoms with van der Waals surface area (Å²) in [7, 11) is 0. The van der Waals surface area contributed by atoms with Crippen LogP contribution in [-0.2, 0) is 0 Å². The van der Waals surface area contributed by atoms with E-state index < -0.39 is 17.6 Å². The molecule has 3 aromatic rings. The van der Waals surface area contributed by atoms with E-state index >= 15 is 0 Å². The number of aromatic nitrogens is 2. The van der Waals surface area contributed by atoms with Crippen LogP contribution in [0.4, 0.5) is 34.8 Å². The molecular weight excluding hydrogens is 422 g/mol. The SMILES string of the molecule is Fc1cccc(F)c1C1=Nc2c(Cl)cnn2-c2cc(N3CCC(F)(F)C3)ccc2N1. The molecule has 1 aromatic heterocycles. The Morgan fingerprint density at radius 2 is 1.87 bits per heavy atom. The van der Waals surface area contributed by atoms with Crippen LogP contribution in [0.1, 0.15) is 12.0 Å². The van der Waals surface area contributed by atoms with Crippen molar-refractivity contribution in [1.29, 1.82) is 0 Å². The Morgan fingerprint density at radius 3 is 2.57 bits per heavy atom. The van der Waals surface area contributed by atoms with Gasteiger partial charge in [0.1, 0.15) is 22.5 Å². The molecule has 0 atom stereocenters. The molecule has 0 radical (unpaired) electrons. The number of hydrogen-bond acceptors (Lipinski definition) is 4. The van der Waals surface area contributed by atoms with Gasteiger partial charge >= 0.3 is 0 Å². The summed E-state index contributed by atoms with van der Waals surface area (Å²) in [4.78, 5) is 5.89. The smallest absolute Gasteiger partial charge is 0.266 e. The van der Waals surface area contributed by atoms with E-state index in [1.165, 1.54) is 16.9 Å². The van der Waals surface area contributed by atoms with Gasteiger partial charge in [-0.2, -0.15) is 5.10 Å². The number of nitrogens with zero attached hydrogens (tertiary/aromatic N) is 4. The summed E-state index contributed by atoms with van der Waals surface area (Å²) in [6.07, 6.45) is 1.14. The minimum Gasteiger partial charge on any atom is -0.365 e. The molecule has 1 fully saturated rings. The lowest BCUT2D eigenvalue weighted by molar-refractivity contribution is 0.0257. The third-order valence-electron chi connectivity index (χ3n) is 5.12. The van der Waals surface area contributed by atoms with Gasteiger partial charge in [-0.15, -0.1) is 0 Å². The highest BCUT2D eigenvalue weighted by Gasteiger charge is 2.38. The van der Waals surface area contributed by atoms with Gasteiger partial charge in [-0.05, 0) is 30.3 Å². The fourth-order valence-electron chi connectivity index (χ4n) is 3.66. The van der Waals surface area contributed by atoms with Crippen molar-refractivity contribution in [2.24, 2.45) is 4.99 Å². The number of benzene rings is 2. The number of hydrogen-bond donors (Lipinski definition) is 1. The molecule has 2 aliphatic heterocycles. The second-order valence-electron chi connectivity index (χ2n) is 7.14. The quantitative estimate of drug-likeness (QED) is 0.566. The van der Waals surface area contributed by atoms with Crippen LogP contribution in [0.15, 0.2) is 47.6 Å². The summed E-state index contributed by atoms with van der Waals surface area (Å²) in [5, 5.41) is 7.32. The largest absolute Gasteiger partial charge is 0.365 e. The lowest BCUT2D eigenvalue weighted by Gasteiger charge is -2.20. The van der Waals surface area contributed by atoms with E-state index in [0.29, 0.717) is 17.1 Å². The van der Waals surface area contributed by atoms with Gasteiger partial charge in [-0.3, -0.25) is 0 Å². The van der Waals surface area contributed by atoms with Crippen LogP contribution in [0.2, 0.25) is 5.02 Å². The Kier molecular flexibility index (Phi) is 4.25. The maximum absolute atomic E-state index is 14.4. The summed E-state index contributed by atoms with van der Waals surface area (Å²) in [6.45, 7) is -0.164.